The minimum absolute atomic E-state index is 0.0314. The fourth-order valence-electron chi connectivity index (χ4n) is 3.02. The van der Waals surface area contributed by atoms with E-state index in [1.165, 1.54) is 0 Å². The molecule has 0 unspecified atom stereocenters. The molecule has 1 saturated heterocycles. The molecule has 1 fully saturated rings. The third-order valence-corrected chi connectivity index (χ3v) is 4.69. The lowest BCUT2D eigenvalue weighted by Gasteiger charge is -2.30. The van der Waals surface area contributed by atoms with Gasteiger partial charge in [0.25, 0.3) is 0 Å². The lowest BCUT2D eigenvalue weighted by molar-refractivity contribution is -0.157. The molecular weight excluding hydrogens is 389 g/mol. The summed E-state index contributed by atoms with van der Waals surface area (Å²) in [6.07, 6.45) is -1.70. The first-order chi connectivity index (χ1) is 13.9. The summed E-state index contributed by atoms with van der Waals surface area (Å²) in [7, 11) is 0. The minimum Gasteiger partial charge on any atom is -0.494 e. The molecule has 2 amide bonds. The summed E-state index contributed by atoms with van der Waals surface area (Å²) >= 11 is 0. The van der Waals surface area contributed by atoms with Crippen LogP contribution in [0.25, 0.3) is 0 Å². The monoisotopic (exact) mass is 412 g/mol. The number of carbonyl (C=O) groups is 1. The number of ether oxygens (including phenoxy) is 1. The van der Waals surface area contributed by atoms with Crippen LogP contribution >= 0.6 is 0 Å². The van der Waals surface area contributed by atoms with Crippen molar-refractivity contribution in [3.05, 3.63) is 36.0 Å². The van der Waals surface area contributed by atoms with Crippen molar-refractivity contribution >= 4 is 11.7 Å². The Kier molecular flexibility index (Phi) is 6.60. The average molecular weight is 412 g/mol. The molecule has 29 heavy (non-hydrogen) atoms. The topological polar surface area (TPSA) is 80.5 Å². The summed E-state index contributed by atoms with van der Waals surface area (Å²) in [6, 6.07) is 6.87. The van der Waals surface area contributed by atoms with Gasteiger partial charge in [0.15, 0.2) is 0 Å². The Hall–Kier alpha value is -2.78. The number of anilines is 1. The second kappa shape index (κ2) is 9.15. The van der Waals surface area contributed by atoms with E-state index in [-0.39, 0.29) is 17.8 Å². The van der Waals surface area contributed by atoms with Crippen molar-refractivity contribution in [2.24, 2.45) is 0 Å². The number of aromatic nitrogens is 2. The van der Waals surface area contributed by atoms with Crippen LogP contribution in [0.1, 0.15) is 50.3 Å². The van der Waals surface area contributed by atoms with Gasteiger partial charge in [-0.25, -0.2) is 4.79 Å². The highest BCUT2D eigenvalue weighted by molar-refractivity contribution is 5.89. The van der Waals surface area contributed by atoms with Crippen molar-refractivity contribution in [2.75, 3.05) is 25.0 Å². The maximum absolute atomic E-state index is 12.6. The molecule has 0 atom stereocenters. The van der Waals surface area contributed by atoms with Crippen LogP contribution in [0.4, 0.5) is 23.7 Å². The van der Waals surface area contributed by atoms with Gasteiger partial charge >= 0.3 is 18.1 Å². The van der Waals surface area contributed by atoms with E-state index in [9.17, 15) is 18.0 Å². The number of benzene rings is 1. The molecule has 1 aromatic heterocycles. The van der Waals surface area contributed by atoms with Crippen LogP contribution in [-0.2, 0) is 6.18 Å². The van der Waals surface area contributed by atoms with Gasteiger partial charge < -0.3 is 19.4 Å². The maximum Gasteiger partial charge on any atom is 0.470 e. The molecule has 10 heteroatoms. The number of halogens is 3. The quantitative estimate of drug-likeness (QED) is 0.697. The molecule has 7 nitrogen and oxygen atoms in total. The Balaban J connectivity index is 1.48. The largest absolute Gasteiger partial charge is 0.494 e. The first-order valence-corrected chi connectivity index (χ1v) is 9.56. The van der Waals surface area contributed by atoms with E-state index in [0.29, 0.717) is 38.2 Å². The summed E-state index contributed by atoms with van der Waals surface area (Å²) in [6.45, 7) is 3.52. The van der Waals surface area contributed by atoms with Crippen LogP contribution in [0.15, 0.2) is 28.7 Å². The van der Waals surface area contributed by atoms with Crippen LogP contribution < -0.4 is 10.1 Å². The minimum atomic E-state index is -4.65. The van der Waals surface area contributed by atoms with Gasteiger partial charge in [-0.2, -0.15) is 13.2 Å². The molecule has 3 rings (SSSR count). The smallest absolute Gasteiger partial charge is 0.470 e. The SMILES string of the molecule is CCCCOc1ccc(NC(=O)N2CCC(c3nnc(C(F)(F)F)o3)CC2)cc1. The van der Waals surface area contributed by atoms with Gasteiger partial charge in [-0.05, 0) is 43.5 Å². The summed E-state index contributed by atoms with van der Waals surface area (Å²) in [5.74, 6) is -0.914. The molecule has 2 aromatic rings. The van der Waals surface area contributed by atoms with Crippen molar-refractivity contribution in [1.29, 1.82) is 0 Å². The van der Waals surface area contributed by atoms with Crippen LogP contribution in [0, 0.1) is 0 Å². The first kappa shape index (κ1) is 20.9. The standard InChI is InChI=1S/C19H23F3N4O3/c1-2-3-12-28-15-6-4-14(5-7-15)23-18(27)26-10-8-13(9-11-26)16-24-25-17(29-16)19(20,21)22/h4-7,13H,2-3,8-12H2,1H3,(H,23,27). The van der Waals surface area contributed by atoms with E-state index in [2.05, 4.69) is 22.4 Å². The Morgan fingerprint density at radius 1 is 1.24 bits per heavy atom. The normalized spacial score (nSPS) is 15.4. The molecule has 0 spiro atoms. The molecule has 1 aliphatic heterocycles. The van der Waals surface area contributed by atoms with Crippen molar-refractivity contribution in [3.8, 4) is 5.75 Å². The van der Waals surface area contributed by atoms with Gasteiger partial charge in [0.2, 0.25) is 5.89 Å². The highest BCUT2D eigenvalue weighted by Gasteiger charge is 2.39. The molecule has 0 radical (unpaired) electrons. The first-order valence-electron chi connectivity index (χ1n) is 9.56. The van der Waals surface area contributed by atoms with Gasteiger partial charge in [-0.15, -0.1) is 10.2 Å². The second-order valence-corrected chi connectivity index (χ2v) is 6.86. The fourth-order valence-corrected chi connectivity index (χ4v) is 3.02. The number of nitrogens with zero attached hydrogens (tertiary/aromatic N) is 3. The number of unbranched alkanes of at least 4 members (excludes halogenated alkanes) is 1. The Labute approximate surface area is 166 Å². The van der Waals surface area contributed by atoms with Crippen molar-refractivity contribution in [1.82, 2.24) is 15.1 Å². The summed E-state index contributed by atoms with van der Waals surface area (Å²) < 4.78 is 48.1. The summed E-state index contributed by atoms with van der Waals surface area (Å²) in [4.78, 5) is 14.0. The zero-order valence-electron chi connectivity index (χ0n) is 16.0. The lowest BCUT2D eigenvalue weighted by atomic mass is 9.97. The Bertz CT molecular complexity index is 800. The summed E-state index contributed by atoms with van der Waals surface area (Å²) in [5, 5.41) is 9.39. The van der Waals surface area contributed by atoms with E-state index in [1.54, 1.807) is 29.2 Å². The maximum atomic E-state index is 12.6. The molecule has 0 aliphatic carbocycles. The fraction of sp³-hybridized carbons (Fsp3) is 0.526. The van der Waals surface area contributed by atoms with Gasteiger partial charge in [0, 0.05) is 24.7 Å². The number of amides is 2. The zero-order valence-corrected chi connectivity index (χ0v) is 16.0. The number of urea groups is 1. The van der Waals surface area contributed by atoms with Gasteiger partial charge in [0.1, 0.15) is 5.75 Å². The number of alkyl halides is 3. The molecule has 158 valence electrons. The van der Waals surface area contributed by atoms with Crippen LogP contribution in [0.2, 0.25) is 0 Å². The Morgan fingerprint density at radius 3 is 2.52 bits per heavy atom. The van der Waals surface area contributed by atoms with Crippen molar-refractivity contribution in [2.45, 2.75) is 44.7 Å². The number of rotatable bonds is 6. The van der Waals surface area contributed by atoms with E-state index < -0.39 is 12.1 Å². The molecule has 0 saturated carbocycles. The van der Waals surface area contributed by atoms with Gasteiger partial charge in [-0.3, -0.25) is 0 Å². The number of hydrogen-bond donors (Lipinski definition) is 1. The number of hydrogen-bond acceptors (Lipinski definition) is 5. The molecule has 1 N–H and O–H groups in total. The third kappa shape index (κ3) is 5.61. The molecule has 1 aromatic carbocycles. The molecule has 0 bridgehead atoms. The molecular formula is C19H23F3N4O3. The van der Waals surface area contributed by atoms with Crippen molar-refractivity contribution < 1.29 is 27.1 Å². The Morgan fingerprint density at radius 2 is 1.93 bits per heavy atom. The van der Waals surface area contributed by atoms with E-state index >= 15 is 0 Å². The molecule has 1 aliphatic rings. The van der Waals surface area contributed by atoms with Gasteiger partial charge in [-0.1, -0.05) is 13.3 Å². The van der Waals surface area contributed by atoms with Crippen molar-refractivity contribution in [3.63, 3.8) is 0 Å². The second-order valence-electron chi connectivity index (χ2n) is 6.86. The predicted molar refractivity (Wildman–Crippen MR) is 98.7 cm³/mol. The van der Waals surface area contributed by atoms with Crippen LogP contribution in [0.5, 0.6) is 5.75 Å². The zero-order chi connectivity index (χ0) is 20.9. The number of piperidine rings is 1. The van der Waals surface area contributed by atoms with Crippen LogP contribution in [0.3, 0.4) is 0 Å². The van der Waals surface area contributed by atoms with E-state index in [4.69, 9.17) is 9.15 Å². The average Bonchev–Trinajstić information content (AvgIpc) is 3.20. The predicted octanol–water partition coefficient (Wildman–Crippen LogP) is 4.68. The lowest BCUT2D eigenvalue weighted by Crippen LogP contribution is -2.40. The van der Waals surface area contributed by atoms with Crippen LogP contribution in [-0.4, -0.2) is 40.8 Å². The van der Waals surface area contributed by atoms with E-state index in [0.717, 1.165) is 18.6 Å². The summed E-state index contributed by atoms with van der Waals surface area (Å²) in [5.41, 5.74) is 0.645. The van der Waals surface area contributed by atoms with Gasteiger partial charge in [0.05, 0.1) is 6.61 Å². The highest BCUT2D eigenvalue weighted by atomic mass is 19.4. The number of nitrogens with one attached hydrogen (secondary N) is 1. The number of likely N-dealkylation sites (tertiary alicyclic amines) is 1. The molecule has 2 heterocycles. The van der Waals surface area contributed by atoms with E-state index in [1.807, 2.05) is 0 Å². The number of carbonyl (C=O) groups excluding carboxylic acids is 1. The highest BCUT2D eigenvalue weighted by Crippen LogP contribution is 2.32. The third-order valence-electron chi connectivity index (χ3n) is 4.69.